The SMILES string of the molecule is Cc1ccc(-c2cccc(B(O)O)c2F)cc1. The normalized spacial score (nSPS) is 10.4. The van der Waals surface area contributed by atoms with E-state index in [9.17, 15) is 4.39 Å². The summed E-state index contributed by atoms with van der Waals surface area (Å²) in [6, 6.07) is 12.0. The molecule has 0 atom stereocenters. The van der Waals surface area contributed by atoms with E-state index in [0.29, 0.717) is 5.56 Å². The van der Waals surface area contributed by atoms with Crippen molar-refractivity contribution in [3.63, 3.8) is 0 Å². The molecule has 2 rings (SSSR count). The summed E-state index contributed by atoms with van der Waals surface area (Å²) in [6.45, 7) is 1.95. The lowest BCUT2D eigenvalue weighted by molar-refractivity contribution is 0.423. The Balaban J connectivity index is 2.52. The number of rotatable bonds is 2. The first-order valence-electron chi connectivity index (χ1n) is 5.31. The summed E-state index contributed by atoms with van der Waals surface area (Å²) >= 11 is 0. The molecule has 0 amide bonds. The quantitative estimate of drug-likeness (QED) is 0.767. The molecule has 17 heavy (non-hydrogen) atoms. The van der Waals surface area contributed by atoms with E-state index >= 15 is 0 Å². The fraction of sp³-hybridized carbons (Fsp3) is 0.0769. The van der Waals surface area contributed by atoms with Crippen LogP contribution in [0.2, 0.25) is 0 Å². The first-order chi connectivity index (χ1) is 8.09. The van der Waals surface area contributed by atoms with E-state index in [4.69, 9.17) is 10.0 Å². The molecule has 2 aromatic rings. The van der Waals surface area contributed by atoms with Crippen molar-refractivity contribution in [1.29, 1.82) is 0 Å². The number of benzene rings is 2. The van der Waals surface area contributed by atoms with E-state index in [1.165, 1.54) is 6.07 Å². The highest BCUT2D eigenvalue weighted by Crippen LogP contribution is 2.21. The highest BCUT2D eigenvalue weighted by Gasteiger charge is 2.19. The van der Waals surface area contributed by atoms with Crippen LogP contribution in [0.1, 0.15) is 5.56 Å². The van der Waals surface area contributed by atoms with E-state index in [-0.39, 0.29) is 5.46 Å². The third-order valence-corrected chi connectivity index (χ3v) is 2.67. The van der Waals surface area contributed by atoms with E-state index in [1.807, 2.05) is 19.1 Å². The Morgan fingerprint density at radius 2 is 1.65 bits per heavy atom. The second-order valence-corrected chi connectivity index (χ2v) is 3.95. The summed E-state index contributed by atoms with van der Waals surface area (Å²) in [4.78, 5) is 0. The first-order valence-corrected chi connectivity index (χ1v) is 5.31. The van der Waals surface area contributed by atoms with Gasteiger partial charge in [0.15, 0.2) is 0 Å². The molecule has 0 fully saturated rings. The fourth-order valence-corrected chi connectivity index (χ4v) is 1.71. The Morgan fingerprint density at radius 3 is 2.24 bits per heavy atom. The van der Waals surface area contributed by atoms with Gasteiger partial charge >= 0.3 is 7.12 Å². The van der Waals surface area contributed by atoms with E-state index in [1.54, 1.807) is 24.3 Å². The van der Waals surface area contributed by atoms with Gasteiger partial charge in [0.2, 0.25) is 0 Å². The van der Waals surface area contributed by atoms with Crippen LogP contribution in [0.4, 0.5) is 4.39 Å². The lowest BCUT2D eigenvalue weighted by atomic mass is 9.78. The molecular formula is C13H12BFO2. The molecule has 4 heteroatoms. The predicted molar refractivity (Wildman–Crippen MR) is 66.4 cm³/mol. The van der Waals surface area contributed by atoms with Crippen LogP contribution in [0.15, 0.2) is 42.5 Å². The monoisotopic (exact) mass is 230 g/mol. The standard InChI is InChI=1S/C13H12BFO2/c1-9-5-7-10(8-6-9)11-3-2-4-12(13(11)15)14(16)17/h2-8,16-17H,1H3. The van der Waals surface area contributed by atoms with Gasteiger partial charge in [-0.1, -0.05) is 48.0 Å². The van der Waals surface area contributed by atoms with Gasteiger partial charge in [-0.15, -0.1) is 0 Å². The van der Waals surface area contributed by atoms with Gasteiger partial charge < -0.3 is 10.0 Å². The molecule has 0 aliphatic carbocycles. The topological polar surface area (TPSA) is 40.5 Å². The third-order valence-electron chi connectivity index (χ3n) is 2.67. The zero-order chi connectivity index (χ0) is 12.4. The largest absolute Gasteiger partial charge is 0.491 e. The summed E-state index contributed by atoms with van der Waals surface area (Å²) in [5.74, 6) is -0.591. The second kappa shape index (κ2) is 4.69. The molecule has 0 saturated carbocycles. The van der Waals surface area contributed by atoms with Crippen molar-refractivity contribution < 1.29 is 14.4 Å². The van der Waals surface area contributed by atoms with Crippen molar-refractivity contribution >= 4 is 12.6 Å². The minimum atomic E-state index is -1.79. The molecular weight excluding hydrogens is 218 g/mol. The summed E-state index contributed by atoms with van der Waals surface area (Å²) in [6.07, 6.45) is 0. The van der Waals surface area contributed by atoms with Crippen molar-refractivity contribution in [3.8, 4) is 11.1 Å². The summed E-state index contributed by atoms with van der Waals surface area (Å²) in [5.41, 5.74) is 2.07. The molecule has 0 heterocycles. The van der Waals surface area contributed by atoms with Crippen LogP contribution in [0.3, 0.4) is 0 Å². The van der Waals surface area contributed by atoms with Crippen LogP contribution < -0.4 is 5.46 Å². The maximum absolute atomic E-state index is 14.0. The zero-order valence-electron chi connectivity index (χ0n) is 9.39. The lowest BCUT2D eigenvalue weighted by Gasteiger charge is -2.08. The number of aryl methyl sites for hydroxylation is 1. The molecule has 0 radical (unpaired) electrons. The maximum atomic E-state index is 14.0. The molecule has 2 aromatic carbocycles. The molecule has 86 valence electrons. The van der Waals surface area contributed by atoms with Gasteiger partial charge in [-0.25, -0.2) is 4.39 Å². The number of halogens is 1. The zero-order valence-corrected chi connectivity index (χ0v) is 9.39. The fourth-order valence-electron chi connectivity index (χ4n) is 1.71. The van der Waals surface area contributed by atoms with Gasteiger partial charge in [0.1, 0.15) is 5.82 Å². The predicted octanol–water partition coefficient (Wildman–Crippen LogP) is 1.48. The Morgan fingerprint density at radius 1 is 1.00 bits per heavy atom. The van der Waals surface area contributed by atoms with Gasteiger partial charge in [-0.3, -0.25) is 0 Å². The van der Waals surface area contributed by atoms with Gasteiger partial charge in [0, 0.05) is 11.0 Å². The molecule has 0 unspecified atom stereocenters. The van der Waals surface area contributed by atoms with Crippen molar-refractivity contribution in [3.05, 3.63) is 53.8 Å². The van der Waals surface area contributed by atoms with Crippen LogP contribution in [0.5, 0.6) is 0 Å². The average molecular weight is 230 g/mol. The van der Waals surface area contributed by atoms with Crippen LogP contribution >= 0.6 is 0 Å². The Kier molecular flexibility index (Phi) is 3.27. The van der Waals surface area contributed by atoms with E-state index < -0.39 is 12.9 Å². The Bertz CT molecular complexity index is 523. The van der Waals surface area contributed by atoms with Gasteiger partial charge in [0.25, 0.3) is 0 Å². The Labute approximate surface area is 99.5 Å². The van der Waals surface area contributed by atoms with Crippen LogP contribution in [0.25, 0.3) is 11.1 Å². The third kappa shape index (κ3) is 2.38. The van der Waals surface area contributed by atoms with E-state index in [2.05, 4.69) is 0 Å². The van der Waals surface area contributed by atoms with Crippen molar-refractivity contribution in [2.45, 2.75) is 6.92 Å². The minimum Gasteiger partial charge on any atom is -0.423 e. The van der Waals surface area contributed by atoms with Crippen LogP contribution in [-0.4, -0.2) is 17.2 Å². The molecule has 0 spiro atoms. The summed E-state index contributed by atoms with van der Waals surface area (Å²) < 4.78 is 14.0. The van der Waals surface area contributed by atoms with Gasteiger partial charge in [-0.2, -0.15) is 0 Å². The summed E-state index contributed by atoms with van der Waals surface area (Å²) in [5, 5.41) is 18.1. The maximum Gasteiger partial charge on any atom is 0.491 e. The smallest absolute Gasteiger partial charge is 0.423 e. The summed E-state index contributed by atoms with van der Waals surface area (Å²) in [7, 11) is -1.79. The highest BCUT2D eigenvalue weighted by atomic mass is 19.1. The molecule has 0 saturated heterocycles. The molecule has 0 aliphatic heterocycles. The Hall–Kier alpha value is -1.65. The number of hydrogen-bond acceptors (Lipinski definition) is 2. The molecule has 2 N–H and O–H groups in total. The van der Waals surface area contributed by atoms with Crippen molar-refractivity contribution in [2.24, 2.45) is 0 Å². The van der Waals surface area contributed by atoms with Gasteiger partial charge in [-0.05, 0) is 12.5 Å². The van der Waals surface area contributed by atoms with Gasteiger partial charge in [0.05, 0.1) is 0 Å². The van der Waals surface area contributed by atoms with E-state index in [0.717, 1.165) is 11.1 Å². The molecule has 2 nitrogen and oxygen atoms in total. The van der Waals surface area contributed by atoms with Crippen molar-refractivity contribution in [2.75, 3.05) is 0 Å². The van der Waals surface area contributed by atoms with Crippen LogP contribution in [0, 0.1) is 12.7 Å². The first kappa shape index (κ1) is 11.8. The molecule has 0 bridgehead atoms. The van der Waals surface area contributed by atoms with Crippen LogP contribution in [-0.2, 0) is 0 Å². The molecule has 0 aromatic heterocycles. The second-order valence-electron chi connectivity index (χ2n) is 3.95. The minimum absolute atomic E-state index is 0.108. The lowest BCUT2D eigenvalue weighted by Crippen LogP contribution is -2.32. The molecule has 0 aliphatic rings. The number of hydrogen-bond donors (Lipinski definition) is 2. The average Bonchev–Trinajstić information content (AvgIpc) is 2.30. The van der Waals surface area contributed by atoms with Crippen molar-refractivity contribution in [1.82, 2.24) is 0 Å². The highest BCUT2D eigenvalue weighted by molar-refractivity contribution is 6.58.